The average Bonchev–Trinajstić information content (AvgIpc) is 3.33. The molecule has 0 spiro atoms. The van der Waals surface area contributed by atoms with E-state index in [1.165, 1.54) is 0 Å². The summed E-state index contributed by atoms with van der Waals surface area (Å²) in [5.41, 5.74) is 0.841. The number of aromatic nitrogens is 1. The minimum atomic E-state index is -0.486. The molecule has 1 saturated heterocycles. The first-order valence-corrected chi connectivity index (χ1v) is 10.7. The highest BCUT2D eigenvalue weighted by atomic mass is 16.6. The topological polar surface area (TPSA) is 72.9 Å². The van der Waals surface area contributed by atoms with Crippen molar-refractivity contribution in [2.75, 3.05) is 33.4 Å². The first kappa shape index (κ1) is 20.9. The zero-order chi connectivity index (χ0) is 21.1. The molecule has 2 aliphatic rings. The van der Waals surface area contributed by atoms with Crippen LogP contribution in [0.2, 0.25) is 0 Å². The van der Waals surface area contributed by atoms with Crippen LogP contribution in [-0.2, 0) is 4.74 Å². The van der Waals surface area contributed by atoms with Crippen molar-refractivity contribution in [3.8, 4) is 11.6 Å². The molecular formula is C23H31N3O4. The van der Waals surface area contributed by atoms with Crippen molar-refractivity contribution in [2.45, 2.75) is 45.3 Å². The van der Waals surface area contributed by atoms with Gasteiger partial charge < -0.3 is 19.5 Å². The first-order valence-electron chi connectivity index (χ1n) is 10.7. The van der Waals surface area contributed by atoms with Crippen LogP contribution in [0, 0.1) is 5.41 Å². The van der Waals surface area contributed by atoms with Gasteiger partial charge in [0.25, 0.3) is 0 Å². The largest absolute Gasteiger partial charge is 0.489 e. The van der Waals surface area contributed by atoms with Gasteiger partial charge in [-0.15, -0.1) is 0 Å². The van der Waals surface area contributed by atoms with E-state index in [0.717, 1.165) is 49.0 Å². The highest BCUT2D eigenvalue weighted by Gasteiger charge is 2.42. The summed E-state index contributed by atoms with van der Waals surface area (Å²) in [6, 6.07) is 9.99. The molecule has 1 unspecified atom stereocenters. The maximum Gasteiger partial charge on any atom is 0.413 e. The van der Waals surface area contributed by atoms with E-state index in [9.17, 15) is 4.79 Å². The summed E-state index contributed by atoms with van der Waals surface area (Å²) in [5.74, 6) is 1.13. The number of nitrogens with one attached hydrogen (secondary N) is 1. The molecule has 2 fully saturated rings. The lowest BCUT2D eigenvalue weighted by Gasteiger charge is -2.20. The molecule has 1 aromatic heterocycles. The summed E-state index contributed by atoms with van der Waals surface area (Å²) in [5, 5.41) is 3.78. The van der Waals surface area contributed by atoms with Crippen molar-refractivity contribution in [3.63, 3.8) is 0 Å². The van der Waals surface area contributed by atoms with Gasteiger partial charge in [0, 0.05) is 49.7 Å². The normalized spacial score (nSPS) is 20.5. The van der Waals surface area contributed by atoms with Crippen LogP contribution >= 0.6 is 0 Å². The number of ether oxygens (including phenoxy) is 3. The Morgan fingerprint density at radius 2 is 2.13 bits per heavy atom. The number of methoxy groups -OCH3 is 1. The maximum atomic E-state index is 12.1. The molecule has 4 rings (SSSR count). The lowest BCUT2D eigenvalue weighted by atomic mass is 10.1. The molecule has 1 aliphatic carbocycles. The third kappa shape index (κ3) is 5.02. The highest BCUT2D eigenvalue weighted by molar-refractivity contribution is 5.81. The molecular weight excluding hydrogens is 382 g/mol. The van der Waals surface area contributed by atoms with Crippen LogP contribution in [0.15, 0.2) is 30.3 Å². The number of rotatable bonds is 8. The molecule has 0 radical (unpaired) electrons. The molecule has 1 aromatic carbocycles. The van der Waals surface area contributed by atoms with Gasteiger partial charge in [-0.25, -0.2) is 9.78 Å². The van der Waals surface area contributed by atoms with E-state index >= 15 is 0 Å². The number of likely N-dealkylation sites (tertiary alicyclic amines) is 1. The number of fused-ring (bicyclic) bond motifs is 1. The van der Waals surface area contributed by atoms with Gasteiger partial charge >= 0.3 is 6.09 Å². The van der Waals surface area contributed by atoms with Crippen molar-refractivity contribution < 1.29 is 19.0 Å². The molecule has 7 nitrogen and oxygen atoms in total. The van der Waals surface area contributed by atoms with Gasteiger partial charge in [-0.1, -0.05) is 0 Å². The fraction of sp³-hybridized carbons (Fsp3) is 0.565. The molecule has 7 heteroatoms. The Labute approximate surface area is 177 Å². The van der Waals surface area contributed by atoms with E-state index in [1.807, 2.05) is 24.3 Å². The van der Waals surface area contributed by atoms with Crippen molar-refractivity contribution >= 4 is 17.0 Å². The second-order valence-corrected chi connectivity index (χ2v) is 8.80. The maximum absolute atomic E-state index is 12.1. The number of pyridine rings is 1. The molecule has 1 saturated carbocycles. The summed E-state index contributed by atoms with van der Waals surface area (Å²) in [6.45, 7) is 7.68. The minimum Gasteiger partial charge on any atom is -0.489 e. The van der Waals surface area contributed by atoms with Crippen LogP contribution in [0.25, 0.3) is 10.9 Å². The standard InChI is InChI=1S/C23H31N3O4/c1-16(2)26-11-8-19(13-26)29-18-5-6-20-17(12-18)4-7-21(25-20)30-22(27)24-14-23(9-10-23)15-28-3/h4-7,12,16,19H,8-11,13-15H2,1-3H3,(H,24,27). The third-order valence-electron chi connectivity index (χ3n) is 6.06. The zero-order valence-corrected chi connectivity index (χ0v) is 18.0. The number of nitrogens with zero attached hydrogens (tertiary/aromatic N) is 2. The van der Waals surface area contributed by atoms with Crippen LogP contribution in [0.5, 0.6) is 11.6 Å². The van der Waals surface area contributed by atoms with Gasteiger partial charge in [0.1, 0.15) is 11.9 Å². The molecule has 30 heavy (non-hydrogen) atoms. The van der Waals surface area contributed by atoms with Gasteiger partial charge in [-0.2, -0.15) is 0 Å². The van der Waals surface area contributed by atoms with Gasteiger partial charge in [0.15, 0.2) is 0 Å². The van der Waals surface area contributed by atoms with Crippen LogP contribution in [-0.4, -0.2) is 61.5 Å². The summed E-state index contributed by atoms with van der Waals surface area (Å²) in [4.78, 5) is 19.0. The predicted molar refractivity (Wildman–Crippen MR) is 115 cm³/mol. The van der Waals surface area contributed by atoms with Crippen molar-refractivity contribution in [2.24, 2.45) is 5.41 Å². The summed E-state index contributed by atoms with van der Waals surface area (Å²) in [7, 11) is 1.68. The second-order valence-electron chi connectivity index (χ2n) is 8.80. The number of carbonyl (C=O) groups is 1. The van der Waals surface area contributed by atoms with E-state index in [4.69, 9.17) is 14.2 Å². The first-order chi connectivity index (χ1) is 14.5. The predicted octanol–water partition coefficient (Wildman–Crippen LogP) is 3.61. The van der Waals surface area contributed by atoms with Crippen LogP contribution in [0.3, 0.4) is 0 Å². The van der Waals surface area contributed by atoms with Crippen molar-refractivity contribution in [1.82, 2.24) is 15.2 Å². The molecule has 162 valence electrons. The summed E-state index contributed by atoms with van der Waals surface area (Å²) in [6.07, 6.45) is 2.91. The smallest absolute Gasteiger partial charge is 0.413 e. The monoisotopic (exact) mass is 413 g/mol. The van der Waals surface area contributed by atoms with Crippen molar-refractivity contribution in [1.29, 1.82) is 0 Å². The number of hydrogen-bond acceptors (Lipinski definition) is 6. The Morgan fingerprint density at radius 3 is 2.83 bits per heavy atom. The number of amides is 1. The van der Waals surface area contributed by atoms with Gasteiger partial charge in [0.05, 0.1) is 12.1 Å². The Hall–Kier alpha value is -2.38. The molecule has 1 atom stereocenters. The van der Waals surface area contributed by atoms with Crippen LogP contribution in [0.1, 0.15) is 33.1 Å². The van der Waals surface area contributed by atoms with Crippen LogP contribution in [0.4, 0.5) is 4.79 Å². The Balaban J connectivity index is 1.33. The SMILES string of the molecule is COCC1(CNC(=O)Oc2ccc3cc(OC4CCN(C(C)C)C4)ccc3n2)CC1. The zero-order valence-electron chi connectivity index (χ0n) is 18.0. The lowest BCUT2D eigenvalue weighted by Crippen LogP contribution is -2.34. The fourth-order valence-corrected chi connectivity index (χ4v) is 3.97. The molecule has 1 N–H and O–H groups in total. The molecule has 1 amide bonds. The van der Waals surface area contributed by atoms with Gasteiger partial charge in [-0.05, 0) is 57.4 Å². The van der Waals surface area contributed by atoms with Crippen LogP contribution < -0.4 is 14.8 Å². The quantitative estimate of drug-likeness (QED) is 0.713. The van der Waals surface area contributed by atoms with E-state index < -0.39 is 6.09 Å². The highest BCUT2D eigenvalue weighted by Crippen LogP contribution is 2.45. The summed E-state index contributed by atoms with van der Waals surface area (Å²) < 4.78 is 16.7. The van der Waals surface area contributed by atoms with E-state index in [2.05, 4.69) is 29.0 Å². The minimum absolute atomic E-state index is 0.0759. The van der Waals surface area contributed by atoms with E-state index in [0.29, 0.717) is 19.2 Å². The Morgan fingerprint density at radius 1 is 1.30 bits per heavy atom. The second kappa shape index (κ2) is 8.78. The van der Waals surface area contributed by atoms with Crippen molar-refractivity contribution in [3.05, 3.63) is 30.3 Å². The average molecular weight is 414 g/mol. The van der Waals surface area contributed by atoms with E-state index in [1.54, 1.807) is 13.2 Å². The summed E-state index contributed by atoms with van der Waals surface area (Å²) >= 11 is 0. The van der Waals surface area contributed by atoms with E-state index in [-0.39, 0.29) is 17.4 Å². The van der Waals surface area contributed by atoms with Gasteiger partial charge in [-0.3, -0.25) is 4.90 Å². The lowest BCUT2D eigenvalue weighted by molar-refractivity contribution is 0.137. The third-order valence-corrected chi connectivity index (χ3v) is 6.06. The molecule has 0 bridgehead atoms. The Kier molecular flexibility index (Phi) is 6.11. The molecule has 1 aliphatic heterocycles. The molecule has 2 heterocycles. The number of carbonyl (C=O) groups excluding carboxylic acids is 1. The number of hydrogen-bond donors (Lipinski definition) is 1. The molecule has 2 aromatic rings. The number of benzene rings is 1. The van der Waals surface area contributed by atoms with Gasteiger partial charge in [0.2, 0.25) is 5.88 Å². The fourth-order valence-electron chi connectivity index (χ4n) is 3.97. The Bertz CT molecular complexity index is 897.